The van der Waals surface area contributed by atoms with Crippen LogP contribution in [-0.4, -0.2) is 64.3 Å². The standard InChI is InChI=1S/C20H24ClN5O2/c1-24-8-13-5-15(21)3-4-16(13)26-17(9-24)22-23-19(26)14-6-20(7-14)11-25(12-20)18(27)10-28-2/h3-5,14H,6-12H2,1-2H3. The molecular formula is C20H24ClN5O2. The summed E-state index contributed by atoms with van der Waals surface area (Å²) in [5.74, 6) is 2.49. The number of aromatic nitrogens is 3. The van der Waals surface area contributed by atoms with Crippen LogP contribution in [0.4, 0.5) is 0 Å². The van der Waals surface area contributed by atoms with Gasteiger partial charge in [0, 0.05) is 43.1 Å². The molecule has 1 saturated heterocycles. The average molecular weight is 402 g/mol. The molecule has 1 spiro atoms. The Balaban J connectivity index is 1.38. The van der Waals surface area contributed by atoms with Crippen molar-refractivity contribution in [2.75, 3.05) is 33.9 Å². The van der Waals surface area contributed by atoms with Crippen molar-refractivity contribution in [3.8, 4) is 5.69 Å². The Morgan fingerprint density at radius 3 is 2.82 bits per heavy atom. The Morgan fingerprint density at radius 1 is 1.29 bits per heavy atom. The van der Waals surface area contributed by atoms with Gasteiger partial charge in [0.2, 0.25) is 5.91 Å². The molecule has 28 heavy (non-hydrogen) atoms. The van der Waals surface area contributed by atoms with Crippen molar-refractivity contribution in [2.24, 2.45) is 5.41 Å². The average Bonchev–Trinajstić information content (AvgIpc) is 2.90. The molecule has 3 heterocycles. The van der Waals surface area contributed by atoms with Crippen LogP contribution in [0.5, 0.6) is 0 Å². The van der Waals surface area contributed by atoms with Gasteiger partial charge in [-0.15, -0.1) is 10.2 Å². The Morgan fingerprint density at radius 2 is 2.07 bits per heavy atom. The van der Waals surface area contributed by atoms with Crippen LogP contribution in [0.1, 0.15) is 36.0 Å². The number of carbonyl (C=O) groups is 1. The summed E-state index contributed by atoms with van der Waals surface area (Å²) in [4.78, 5) is 16.1. The van der Waals surface area contributed by atoms with Gasteiger partial charge in [0.1, 0.15) is 12.4 Å². The Kier molecular flexibility index (Phi) is 4.23. The molecule has 7 nitrogen and oxygen atoms in total. The van der Waals surface area contributed by atoms with E-state index in [1.54, 1.807) is 7.11 Å². The van der Waals surface area contributed by atoms with Gasteiger partial charge < -0.3 is 9.64 Å². The lowest BCUT2D eigenvalue weighted by molar-refractivity contribution is -0.155. The van der Waals surface area contributed by atoms with Crippen LogP contribution in [0, 0.1) is 5.41 Å². The first-order chi connectivity index (χ1) is 13.5. The van der Waals surface area contributed by atoms with E-state index in [0.717, 1.165) is 61.4 Å². The van der Waals surface area contributed by atoms with E-state index in [4.69, 9.17) is 16.3 Å². The molecule has 1 aromatic heterocycles. The van der Waals surface area contributed by atoms with E-state index in [1.807, 2.05) is 17.0 Å². The molecule has 2 fully saturated rings. The van der Waals surface area contributed by atoms with Crippen LogP contribution in [0.25, 0.3) is 5.69 Å². The highest BCUT2D eigenvalue weighted by Crippen LogP contribution is 2.56. The second-order valence-corrected chi connectivity index (χ2v) is 8.98. The lowest BCUT2D eigenvalue weighted by atomic mass is 9.57. The summed E-state index contributed by atoms with van der Waals surface area (Å²) in [5, 5.41) is 9.84. The summed E-state index contributed by atoms with van der Waals surface area (Å²) < 4.78 is 7.19. The fraction of sp³-hybridized carbons (Fsp3) is 0.550. The van der Waals surface area contributed by atoms with Crippen LogP contribution >= 0.6 is 11.6 Å². The zero-order valence-electron chi connectivity index (χ0n) is 16.2. The molecular weight excluding hydrogens is 378 g/mol. The number of fused-ring (bicyclic) bond motifs is 3. The zero-order valence-corrected chi connectivity index (χ0v) is 16.9. The third-order valence-electron chi connectivity index (χ3n) is 6.29. The van der Waals surface area contributed by atoms with Gasteiger partial charge in [0.05, 0.1) is 12.2 Å². The van der Waals surface area contributed by atoms with Gasteiger partial charge in [-0.3, -0.25) is 14.3 Å². The second kappa shape index (κ2) is 6.54. The minimum Gasteiger partial charge on any atom is -0.375 e. The summed E-state index contributed by atoms with van der Waals surface area (Å²) in [6, 6.07) is 6.06. The molecule has 0 radical (unpaired) electrons. The number of carbonyl (C=O) groups excluding carboxylic acids is 1. The number of nitrogens with zero attached hydrogens (tertiary/aromatic N) is 5. The Bertz CT molecular complexity index is 929. The van der Waals surface area contributed by atoms with E-state index in [1.165, 1.54) is 5.56 Å². The lowest BCUT2D eigenvalue weighted by Crippen LogP contribution is -2.63. The summed E-state index contributed by atoms with van der Waals surface area (Å²) in [6.07, 6.45) is 2.11. The van der Waals surface area contributed by atoms with Gasteiger partial charge in [0.15, 0.2) is 5.82 Å². The van der Waals surface area contributed by atoms with Gasteiger partial charge >= 0.3 is 0 Å². The van der Waals surface area contributed by atoms with E-state index in [2.05, 4.69) is 32.8 Å². The molecule has 1 aromatic carbocycles. The maximum Gasteiger partial charge on any atom is 0.248 e. The van der Waals surface area contributed by atoms with Crippen LogP contribution in [0.15, 0.2) is 18.2 Å². The predicted octanol–water partition coefficient (Wildman–Crippen LogP) is 2.22. The first-order valence-electron chi connectivity index (χ1n) is 9.66. The van der Waals surface area contributed by atoms with Crippen LogP contribution in [0.3, 0.4) is 0 Å². The van der Waals surface area contributed by atoms with Crippen molar-refractivity contribution >= 4 is 17.5 Å². The van der Waals surface area contributed by atoms with Crippen molar-refractivity contribution in [3.05, 3.63) is 40.4 Å². The van der Waals surface area contributed by atoms with E-state index < -0.39 is 0 Å². The number of benzene rings is 1. The maximum atomic E-state index is 11.9. The number of hydrogen-bond donors (Lipinski definition) is 0. The van der Waals surface area contributed by atoms with Crippen molar-refractivity contribution in [3.63, 3.8) is 0 Å². The van der Waals surface area contributed by atoms with E-state index in [0.29, 0.717) is 5.92 Å². The molecule has 0 atom stereocenters. The Hall–Kier alpha value is -1.96. The molecule has 0 N–H and O–H groups in total. The third-order valence-corrected chi connectivity index (χ3v) is 6.52. The van der Waals surface area contributed by atoms with Gasteiger partial charge in [-0.05, 0) is 43.7 Å². The topological polar surface area (TPSA) is 63.5 Å². The molecule has 2 aliphatic heterocycles. The summed E-state index contributed by atoms with van der Waals surface area (Å²) in [6.45, 7) is 3.44. The summed E-state index contributed by atoms with van der Waals surface area (Å²) >= 11 is 6.24. The van der Waals surface area contributed by atoms with Gasteiger partial charge in [0.25, 0.3) is 0 Å². The fourth-order valence-electron chi connectivity index (χ4n) is 5.03. The third kappa shape index (κ3) is 2.84. The van der Waals surface area contributed by atoms with Crippen molar-refractivity contribution in [1.82, 2.24) is 24.6 Å². The molecule has 1 aliphatic carbocycles. The molecule has 2 aromatic rings. The molecule has 5 rings (SSSR count). The number of rotatable bonds is 3. The van der Waals surface area contributed by atoms with Crippen molar-refractivity contribution in [2.45, 2.75) is 31.8 Å². The van der Waals surface area contributed by atoms with Gasteiger partial charge in [-0.2, -0.15) is 0 Å². The highest BCUT2D eigenvalue weighted by molar-refractivity contribution is 6.30. The maximum absolute atomic E-state index is 11.9. The number of hydrogen-bond acceptors (Lipinski definition) is 5. The second-order valence-electron chi connectivity index (χ2n) is 8.54. The SMILES string of the molecule is COCC(=O)N1CC2(CC(c3nnc4n3-c3ccc(Cl)cc3CN(C)C4)C2)C1. The van der Waals surface area contributed by atoms with Crippen LogP contribution < -0.4 is 0 Å². The first kappa shape index (κ1) is 18.1. The molecule has 8 heteroatoms. The first-order valence-corrected chi connectivity index (χ1v) is 10.0. The quantitative estimate of drug-likeness (QED) is 0.789. The van der Waals surface area contributed by atoms with Crippen molar-refractivity contribution < 1.29 is 9.53 Å². The van der Waals surface area contributed by atoms with Crippen LogP contribution in [-0.2, 0) is 22.6 Å². The molecule has 1 saturated carbocycles. The molecule has 148 valence electrons. The number of amides is 1. The summed E-state index contributed by atoms with van der Waals surface area (Å²) in [7, 11) is 3.65. The molecule has 3 aliphatic rings. The molecule has 0 bridgehead atoms. The highest BCUT2D eigenvalue weighted by atomic mass is 35.5. The van der Waals surface area contributed by atoms with E-state index in [9.17, 15) is 4.79 Å². The largest absolute Gasteiger partial charge is 0.375 e. The minimum absolute atomic E-state index is 0.0850. The predicted molar refractivity (Wildman–Crippen MR) is 104 cm³/mol. The van der Waals surface area contributed by atoms with Gasteiger partial charge in [-0.25, -0.2) is 0 Å². The fourth-order valence-corrected chi connectivity index (χ4v) is 5.22. The smallest absolute Gasteiger partial charge is 0.248 e. The lowest BCUT2D eigenvalue weighted by Gasteiger charge is -2.58. The zero-order chi connectivity index (χ0) is 19.5. The summed E-state index contributed by atoms with van der Waals surface area (Å²) in [5.41, 5.74) is 2.59. The number of likely N-dealkylation sites (tertiary alicyclic amines) is 1. The van der Waals surface area contributed by atoms with Crippen LogP contribution in [0.2, 0.25) is 5.02 Å². The normalized spacial score (nSPS) is 20.9. The van der Waals surface area contributed by atoms with Crippen molar-refractivity contribution in [1.29, 1.82) is 0 Å². The number of ether oxygens (including phenoxy) is 1. The monoisotopic (exact) mass is 401 g/mol. The molecule has 0 unspecified atom stereocenters. The number of halogens is 1. The van der Waals surface area contributed by atoms with Gasteiger partial charge in [-0.1, -0.05) is 11.6 Å². The molecule has 1 amide bonds. The van der Waals surface area contributed by atoms with E-state index in [-0.39, 0.29) is 17.9 Å². The van der Waals surface area contributed by atoms with E-state index >= 15 is 0 Å². The highest BCUT2D eigenvalue weighted by Gasteiger charge is 2.55. The Labute approximate surface area is 169 Å². The minimum atomic E-state index is 0.0850. The number of methoxy groups -OCH3 is 1.